The minimum Gasteiger partial charge on any atom is -0.378 e. The van der Waals surface area contributed by atoms with Crippen LogP contribution >= 0.6 is 0 Å². The quantitative estimate of drug-likeness (QED) is 0.847. The molecule has 4 nitrogen and oxygen atoms in total. The highest BCUT2D eigenvalue weighted by Crippen LogP contribution is 2.39. The summed E-state index contributed by atoms with van der Waals surface area (Å²) in [5.74, 6) is 1.50. The minimum absolute atomic E-state index is 0.0812. The highest BCUT2D eigenvalue weighted by atomic mass is 32.2. The van der Waals surface area contributed by atoms with Crippen molar-refractivity contribution in [2.75, 3.05) is 12.4 Å². The minimum atomic E-state index is -3.44. The third-order valence-electron chi connectivity index (χ3n) is 5.18. The summed E-state index contributed by atoms with van der Waals surface area (Å²) in [7, 11) is -3.44. The van der Waals surface area contributed by atoms with Crippen LogP contribution in [0.3, 0.4) is 0 Å². The fourth-order valence-electron chi connectivity index (χ4n) is 4.36. The highest BCUT2D eigenvalue weighted by Gasteiger charge is 2.37. The SMILES string of the molecule is CC1CC(C)CC(OCC2(CS(N)(=O)=O)CCCCC2)C1. The van der Waals surface area contributed by atoms with Crippen molar-refractivity contribution in [2.24, 2.45) is 22.4 Å². The first-order valence-electron chi connectivity index (χ1n) is 8.40. The Morgan fingerprint density at radius 1 is 1.05 bits per heavy atom. The molecule has 2 aliphatic rings. The van der Waals surface area contributed by atoms with Crippen molar-refractivity contribution in [3.8, 4) is 0 Å². The van der Waals surface area contributed by atoms with Crippen molar-refractivity contribution in [3.63, 3.8) is 0 Å². The Kier molecular flexibility index (Phi) is 5.71. The molecule has 0 heterocycles. The normalized spacial score (nSPS) is 33.8. The predicted molar refractivity (Wildman–Crippen MR) is 85.4 cm³/mol. The van der Waals surface area contributed by atoms with E-state index in [-0.39, 0.29) is 11.2 Å². The molecule has 0 aromatic carbocycles. The Bertz CT molecular complexity index is 419. The lowest BCUT2D eigenvalue weighted by Gasteiger charge is -2.39. The zero-order valence-electron chi connectivity index (χ0n) is 13.5. The molecule has 21 heavy (non-hydrogen) atoms. The van der Waals surface area contributed by atoms with Gasteiger partial charge in [0, 0.05) is 5.41 Å². The number of hydrogen-bond donors (Lipinski definition) is 1. The van der Waals surface area contributed by atoms with Gasteiger partial charge in [-0.3, -0.25) is 0 Å². The van der Waals surface area contributed by atoms with Crippen LogP contribution in [0.4, 0.5) is 0 Å². The summed E-state index contributed by atoms with van der Waals surface area (Å²) < 4.78 is 29.4. The van der Waals surface area contributed by atoms with Crippen LogP contribution in [0.5, 0.6) is 0 Å². The first-order valence-corrected chi connectivity index (χ1v) is 10.1. The van der Waals surface area contributed by atoms with Crippen molar-refractivity contribution in [3.05, 3.63) is 0 Å². The van der Waals surface area contributed by atoms with E-state index in [1.165, 1.54) is 12.8 Å². The van der Waals surface area contributed by atoms with Crippen LogP contribution in [0.2, 0.25) is 0 Å². The van der Waals surface area contributed by atoms with E-state index in [0.717, 1.165) is 38.5 Å². The molecular weight excluding hydrogens is 286 g/mol. The fraction of sp³-hybridized carbons (Fsp3) is 1.00. The monoisotopic (exact) mass is 317 g/mol. The van der Waals surface area contributed by atoms with E-state index in [1.54, 1.807) is 0 Å². The second kappa shape index (κ2) is 6.97. The van der Waals surface area contributed by atoms with Crippen LogP contribution in [-0.4, -0.2) is 26.9 Å². The van der Waals surface area contributed by atoms with E-state index in [9.17, 15) is 8.42 Å². The highest BCUT2D eigenvalue weighted by molar-refractivity contribution is 7.89. The molecule has 0 amide bonds. The smallest absolute Gasteiger partial charge is 0.209 e. The standard InChI is InChI=1S/C16H31NO3S/c1-13-8-14(2)10-15(9-13)20-11-16(12-21(17,18)19)6-4-3-5-7-16/h13-15H,3-12H2,1-2H3,(H2,17,18,19). The summed E-state index contributed by atoms with van der Waals surface area (Å²) in [5, 5.41) is 5.32. The Hall–Kier alpha value is -0.130. The second-order valence-corrected chi connectivity index (χ2v) is 9.33. The molecule has 2 N–H and O–H groups in total. The lowest BCUT2D eigenvalue weighted by Crippen LogP contribution is -2.41. The molecule has 0 radical (unpaired) electrons. The average Bonchev–Trinajstić information content (AvgIpc) is 2.34. The molecule has 0 spiro atoms. The molecule has 124 valence electrons. The van der Waals surface area contributed by atoms with Gasteiger partial charge >= 0.3 is 0 Å². The second-order valence-electron chi connectivity index (χ2n) is 7.72. The molecule has 0 saturated heterocycles. The van der Waals surface area contributed by atoms with Gasteiger partial charge in [0.05, 0.1) is 18.5 Å². The molecule has 0 aliphatic heterocycles. The van der Waals surface area contributed by atoms with Gasteiger partial charge in [0.25, 0.3) is 0 Å². The van der Waals surface area contributed by atoms with Gasteiger partial charge in [0.2, 0.25) is 10.0 Å². The Balaban J connectivity index is 1.95. The molecule has 5 heteroatoms. The van der Waals surface area contributed by atoms with Crippen molar-refractivity contribution >= 4 is 10.0 Å². The number of sulfonamides is 1. The van der Waals surface area contributed by atoms with E-state index >= 15 is 0 Å². The van der Waals surface area contributed by atoms with Crippen LogP contribution in [0, 0.1) is 17.3 Å². The average molecular weight is 317 g/mol. The molecule has 2 saturated carbocycles. The van der Waals surface area contributed by atoms with E-state index < -0.39 is 10.0 Å². The van der Waals surface area contributed by atoms with Crippen molar-refractivity contribution in [2.45, 2.75) is 71.3 Å². The molecule has 2 atom stereocenters. The first-order chi connectivity index (χ1) is 9.78. The van der Waals surface area contributed by atoms with Gasteiger partial charge in [-0.05, 0) is 43.9 Å². The zero-order chi connectivity index (χ0) is 15.5. The summed E-state index contributed by atoms with van der Waals surface area (Å²) in [4.78, 5) is 0. The summed E-state index contributed by atoms with van der Waals surface area (Å²) >= 11 is 0. The molecular formula is C16H31NO3S. The number of rotatable bonds is 5. The van der Waals surface area contributed by atoms with Gasteiger partial charge in [-0.25, -0.2) is 13.6 Å². The molecule has 2 unspecified atom stereocenters. The van der Waals surface area contributed by atoms with Crippen molar-refractivity contribution < 1.29 is 13.2 Å². The van der Waals surface area contributed by atoms with Crippen LogP contribution in [-0.2, 0) is 14.8 Å². The van der Waals surface area contributed by atoms with Crippen LogP contribution < -0.4 is 5.14 Å². The van der Waals surface area contributed by atoms with Crippen LogP contribution in [0.1, 0.15) is 65.2 Å². The van der Waals surface area contributed by atoms with E-state index in [1.807, 2.05) is 0 Å². The van der Waals surface area contributed by atoms with E-state index in [2.05, 4.69) is 13.8 Å². The Morgan fingerprint density at radius 2 is 1.62 bits per heavy atom. The van der Waals surface area contributed by atoms with Crippen LogP contribution in [0.25, 0.3) is 0 Å². The largest absolute Gasteiger partial charge is 0.378 e. The first kappa shape index (κ1) is 17.2. The summed E-state index contributed by atoms with van der Waals surface area (Å²) in [6, 6.07) is 0. The predicted octanol–water partition coefficient (Wildman–Crippen LogP) is 3.07. The maximum Gasteiger partial charge on any atom is 0.209 e. The molecule has 0 aromatic rings. The summed E-state index contributed by atoms with van der Waals surface area (Å²) in [5.41, 5.74) is -0.240. The lowest BCUT2D eigenvalue weighted by molar-refractivity contribution is -0.0470. The molecule has 0 bridgehead atoms. The lowest BCUT2D eigenvalue weighted by atomic mass is 9.76. The van der Waals surface area contributed by atoms with Gasteiger partial charge < -0.3 is 4.74 Å². The zero-order valence-corrected chi connectivity index (χ0v) is 14.3. The number of hydrogen-bond acceptors (Lipinski definition) is 3. The van der Waals surface area contributed by atoms with Gasteiger partial charge in [-0.1, -0.05) is 33.1 Å². The maximum absolute atomic E-state index is 11.6. The Labute approximate surface area is 129 Å². The van der Waals surface area contributed by atoms with Gasteiger partial charge in [0.1, 0.15) is 0 Å². The number of ether oxygens (including phenoxy) is 1. The van der Waals surface area contributed by atoms with Gasteiger partial charge in [-0.2, -0.15) is 0 Å². The fourth-order valence-corrected chi connectivity index (χ4v) is 5.59. The van der Waals surface area contributed by atoms with Crippen LogP contribution in [0.15, 0.2) is 0 Å². The Morgan fingerprint density at radius 3 is 2.14 bits per heavy atom. The molecule has 2 rings (SSSR count). The number of nitrogens with two attached hydrogens (primary N) is 1. The molecule has 0 aromatic heterocycles. The van der Waals surface area contributed by atoms with E-state index in [0.29, 0.717) is 24.5 Å². The van der Waals surface area contributed by atoms with Gasteiger partial charge in [-0.15, -0.1) is 0 Å². The third-order valence-corrected chi connectivity index (χ3v) is 6.20. The third kappa shape index (κ3) is 5.53. The number of primary sulfonamides is 1. The van der Waals surface area contributed by atoms with Gasteiger partial charge in [0.15, 0.2) is 0 Å². The molecule has 2 fully saturated rings. The molecule has 2 aliphatic carbocycles. The van der Waals surface area contributed by atoms with E-state index in [4.69, 9.17) is 9.88 Å². The maximum atomic E-state index is 11.6. The van der Waals surface area contributed by atoms with Crippen molar-refractivity contribution in [1.82, 2.24) is 0 Å². The topological polar surface area (TPSA) is 69.4 Å². The summed E-state index contributed by atoms with van der Waals surface area (Å²) in [6.07, 6.45) is 9.04. The van der Waals surface area contributed by atoms with Crippen molar-refractivity contribution in [1.29, 1.82) is 0 Å². The summed E-state index contributed by atoms with van der Waals surface area (Å²) in [6.45, 7) is 5.13.